The summed E-state index contributed by atoms with van der Waals surface area (Å²) in [6, 6.07) is 11.6. The van der Waals surface area contributed by atoms with E-state index in [2.05, 4.69) is 5.10 Å². The van der Waals surface area contributed by atoms with Crippen molar-refractivity contribution < 1.29 is 17.7 Å². The maximum atomic E-state index is 11.8. The Morgan fingerprint density at radius 1 is 1.14 bits per heavy atom. The summed E-state index contributed by atoms with van der Waals surface area (Å²) in [5.74, 6) is -0.181. The van der Waals surface area contributed by atoms with Gasteiger partial charge in [-0.3, -0.25) is 9.35 Å². The summed E-state index contributed by atoms with van der Waals surface area (Å²) in [6.07, 6.45) is 0.130. The first-order valence-corrected chi connectivity index (χ1v) is 7.80. The molecule has 0 unspecified atom stereocenters. The predicted octanol–water partition coefficient (Wildman–Crippen LogP) is 0.889. The Balaban J connectivity index is 2.08. The summed E-state index contributed by atoms with van der Waals surface area (Å²) in [7, 11) is -3.99. The summed E-state index contributed by atoms with van der Waals surface area (Å²) in [6.45, 7) is 0.0692. The Hall–Kier alpha value is -2.19. The van der Waals surface area contributed by atoms with Gasteiger partial charge in [-0.25, -0.2) is 0 Å². The molecule has 0 aliphatic carbocycles. The topological polar surface area (TPSA) is 98.5 Å². The molecule has 2 rings (SSSR count). The van der Waals surface area contributed by atoms with Gasteiger partial charge in [-0.15, -0.1) is 5.10 Å². The third-order valence-corrected chi connectivity index (χ3v) is 3.38. The Bertz CT molecular complexity index is 756. The molecule has 0 atom stereocenters. The first-order valence-electron chi connectivity index (χ1n) is 6.19. The van der Waals surface area contributed by atoms with Gasteiger partial charge in [-0.2, -0.15) is 13.1 Å². The minimum atomic E-state index is -3.99. The van der Waals surface area contributed by atoms with Crippen LogP contribution in [0.2, 0.25) is 0 Å². The largest absolute Gasteiger partial charge is 0.477 e. The molecular formula is C13H14N2O5S. The Kier molecular flexibility index (Phi) is 4.71. The molecule has 0 saturated carbocycles. The van der Waals surface area contributed by atoms with Gasteiger partial charge in [-0.1, -0.05) is 18.2 Å². The van der Waals surface area contributed by atoms with Gasteiger partial charge in [-0.05, 0) is 18.6 Å². The zero-order chi connectivity index (χ0) is 15.3. The van der Waals surface area contributed by atoms with Gasteiger partial charge in [0.15, 0.2) is 0 Å². The normalized spacial score (nSPS) is 11.3. The number of para-hydroxylation sites is 1. The Labute approximate surface area is 121 Å². The molecule has 8 heteroatoms. The number of ether oxygens (including phenoxy) is 1. The molecule has 1 aromatic heterocycles. The molecule has 0 aliphatic heterocycles. The highest BCUT2D eigenvalue weighted by atomic mass is 32.2. The molecule has 0 spiro atoms. The summed E-state index contributed by atoms with van der Waals surface area (Å²) in [5.41, 5.74) is 0.303. The zero-order valence-electron chi connectivity index (χ0n) is 11.0. The quantitative estimate of drug-likeness (QED) is 0.628. The number of nitrogens with zero attached hydrogens (tertiary/aromatic N) is 2. The van der Waals surface area contributed by atoms with Crippen LogP contribution in [0, 0.1) is 0 Å². The van der Waals surface area contributed by atoms with Crippen molar-refractivity contribution >= 4 is 10.1 Å². The van der Waals surface area contributed by atoms with Crippen molar-refractivity contribution in [1.82, 2.24) is 9.78 Å². The molecule has 0 aliphatic rings. The number of hydrogen-bond acceptors (Lipinski definition) is 5. The lowest BCUT2D eigenvalue weighted by atomic mass is 10.3. The molecule has 1 heterocycles. The van der Waals surface area contributed by atoms with Crippen LogP contribution in [0.15, 0.2) is 47.3 Å². The van der Waals surface area contributed by atoms with Crippen LogP contribution in [0.1, 0.15) is 6.42 Å². The molecule has 2 aromatic rings. The van der Waals surface area contributed by atoms with Crippen LogP contribution in [0.25, 0.3) is 5.69 Å². The average Bonchev–Trinajstić information content (AvgIpc) is 2.45. The maximum Gasteiger partial charge on any atom is 0.271 e. The second-order valence-electron chi connectivity index (χ2n) is 4.25. The Morgan fingerprint density at radius 3 is 2.52 bits per heavy atom. The van der Waals surface area contributed by atoms with E-state index in [0.717, 1.165) is 0 Å². The van der Waals surface area contributed by atoms with Gasteiger partial charge in [0.25, 0.3) is 15.7 Å². The molecule has 7 nitrogen and oxygen atoms in total. The van der Waals surface area contributed by atoms with Crippen LogP contribution >= 0.6 is 0 Å². The summed E-state index contributed by atoms with van der Waals surface area (Å²) >= 11 is 0. The highest BCUT2D eigenvalue weighted by molar-refractivity contribution is 7.85. The lowest BCUT2D eigenvalue weighted by Gasteiger charge is -2.08. The van der Waals surface area contributed by atoms with E-state index in [1.54, 1.807) is 24.3 Å². The third kappa shape index (κ3) is 4.69. The number of hydrogen-bond donors (Lipinski definition) is 1. The minimum absolute atomic E-state index is 0.0692. The van der Waals surface area contributed by atoms with E-state index in [0.29, 0.717) is 5.69 Å². The standard InChI is InChI=1S/C13H14N2O5S/c16-13-8-7-12(20-9-4-10-21(17,18)19)14-15(13)11-5-2-1-3-6-11/h1-3,5-8H,4,9-10H2,(H,17,18,19). The van der Waals surface area contributed by atoms with Crippen LogP contribution in [0.3, 0.4) is 0 Å². The van der Waals surface area contributed by atoms with Crippen molar-refractivity contribution in [3.05, 3.63) is 52.8 Å². The van der Waals surface area contributed by atoms with Crippen molar-refractivity contribution in [2.45, 2.75) is 6.42 Å². The van der Waals surface area contributed by atoms with Crippen molar-refractivity contribution in [2.75, 3.05) is 12.4 Å². The molecule has 1 aromatic carbocycles. The van der Waals surface area contributed by atoms with E-state index in [1.165, 1.54) is 16.8 Å². The van der Waals surface area contributed by atoms with Crippen molar-refractivity contribution in [1.29, 1.82) is 0 Å². The van der Waals surface area contributed by atoms with E-state index < -0.39 is 10.1 Å². The minimum Gasteiger partial charge on any atom is -0.477 e. The van der Waals surface area contributed by atoms with Crippen LogP contribution in [-0.4, -0.2) is 35.1 Å². The second-order valence-corrected chi connectivity index (χ2v) is 5.82. The molecular weight excluding hydrogens is 296 g/mol. The Morgan fingerprint density at radius 2 is 1.86 bits per heavy atom. The fraction of sp³-hybridized carbons (Fsp3) is 0.231. The third-order valence-electron chi connectivity index (χ3n) is 2.57. The summed E-state index contributed by atoms with van der Waals surface area (Å²) in [5, 5.41) is 4.05. The molecule has 0 bridgehead atoms. The first kappa shape index (κ1) is 15.2. The van der Waals surface area contributed by atoms with Crippen LogP contribution in [0.4, 0.5) is 0 Å². The molecule has 21 heavy (non-hydrogen) atoms. The van der Waals surface area contributed by atoms with Crippen molar-refractivity contribution in [3.63, 3.8) is 0 Å². The lowest BCUT2D eigenvalue weighted by molar-refractivity contribution is 0.297. The highest BCUT2D eigenvalue weighted by Gasteiger charge is 2.06. The fourth-order valence-electron chi connectivity index (χ4n) is 1.64. The maximum absolute atomic E-state index is 11.8. The second kappa shape index (κ2) is 6.51. The predicted molar refractivity (Wildman–Crippen MR) is 76.4 cm³/mol. The SMILES string of the molecule is O=c1ccc(OCCCS(=O)(=O)O)nn1-c1ccccc1. The van der Waals surface area contributed by atoms with Gasteiger partial charge < -0.3 is 4.74 Å². The van der Waals surface area contributed by atoms with Crippen LogP contribution in [-0.2, 0) is 10.1 Å². The molecule has 112 valence electrons. The van der Waals surface area contributed by atoms with E-state index in [4.69, 9.17) is 9.29 Å². The van der Waals surface area contributed by atoms with Crippen LogP contribution < -0.4 is 10.3 Å². The zero-order valence-corrected chi connectivity index (χ0v) is 11.9. The molecule has 0 saturated heterocycles. The molecule has 0 radical (unpaired) electrons. The van der Waals surface area contributed by atoms with E-state index in [9.17, 15) is 13.2 Å². The van der Waals surface area contributed by atoms with Gasteiger partial charge in [0, 0.05) is 12.1 Å². The van der Waals surface area contributed by atoms with E-state index >= 15 is 0 Å². The van der Waals surface area contributed by atoms with E-state index in [1.807, 2.05) is 6.07 Å². The van der Waals surface area contributed by atoms with Gasteiger partial charge in [0.1, 0.15) is 0 Å². The highest BCUT2D eigenvalue weighted by Crippen LogP contribution is 2.07. The number of aromatic nitrogens is 2. The van der Waals surface area contributed by atoms with Crippen molar-refractivity contribution in [2.24, 2.45) is 0 Å². The molecule has 0 fully saturated rings. The van der Waals surface area contributed by atoms with Gasteiger partial charge in [0.2, 0.25) is 5.88 Å². The smallest absolute Gasteiger partial charge is 0.271 e. The van der Waals surface area contributed by atoms with Crippen LogP contribution in [0.5, 0.6) is 5.88 Å². The number of benzene rings is 1. The summed E-state index contributed by atoms with van der Waals surface area (Å²) in [4.78, 5) is 11.8. The first-order chi connectivity index (χ1) is 9.96. The lowest BCUT2D eigenvalue weighted by Crippen LogP contribution is -2.20. The monoisotopic (exact) mass is 310 g/mol. The molecule has 1 N–H and O–H groups in total. The average molecular weight is 310 g/mol. The van der Waals surface area contributed by atoms with Gasteiger partial charge >= 0.3 is 0 Å². The number of rotatable bonds is 6. The van der Waals surface area contributed by atoms with Gasteiger partial charge in [0.05, 0.1) is 18.0 Å². The van der Waals surface area contributed by atoms with Crippen molar-refractivity contribution in [3.8, 4) is 11.6 Å². The summed E-state index contributed by atoms with van der Waals surface area (Å²) < 4.78 is 36.2. The fourth-order valence-corrected chi connectivity index (χ4v) is 2.13. The molecule has 0 amide bonds. The van der Waals surface area contributed by atoms with E-state index in [-0.39, 0.29) is 30.2 Å².